The van der Waals surface area contributed by atoms with Crippen molar-refractivity contribution in [2.45, 2.75) is 17.7 Å². The van der Waals surface area contributed by atoms with Gasteiger partial charge >= 0.3 is 0 Å². The number of H-pyrrole nitrogens is 1. The fraction of sp³-hybridized carbons (Fsp3) is 0.200. The Morgan fingerprint density at radius 2 is 2.21 bits per heavy atom. The molecule has 4 heteroatoms. The average molecular weight is 205 g/mol. The van der Waals surface area contributed by atoms with Gasteiger partial charge in [-0.1, -0.05) is 36.0 Å². The molecule has 0 saturated carbocycles. The normalized spacial score (nSPS) is 10.4. The van der Waals surface area contributed by atoms with Gasteiger partial charge in [-0.25, -0.2) is 0 Å². The summed E-state index contributed by atoms with van der Waals surface area (Å²) in [4.78, 5) is 0. The van der Waals surface area contributed by atoms with E-state index >= 15 is 0 Å². The minimum absolute atomic E-state index is 0.938. The van der Waals surface area contributed by atoms with Gasteiger partial charge < -0.3 is 0 Å². The van der Waals surface area contributed by atoms with Crippen LogP contribution >= 0.6 is 11.8 Å². The van der Waals surface area contributed by atoms with Crippen molar-refractivity contribution in [1.82, 2.24) is 15.4 Å². The number of thioether (sulfide) groups is 1. The number of hydrogen-bond acceptors (Lipinski definition) is 3. The summed E-state index contributed by atoms with van der Waals surface area (Å²) in [5.74, 6) is 0.944. The van der Waals surface area contributed by atoms with Crippen LogP contribution in [0.2, 0.25) is 0 Å². The third-order valence-corrected chi connectivity index (χ3v) is 2.98. The van der Waals surface area contributed by atoms with Crippen LogP contribution in [0.5, 0.6) is 0 Å². The van der Waals surface area contributed by atoms with E-state index in [4.69, 9.17) is 0 Å². The van der Waals surface area contributed by atoms with Gasteiger partial charge in [-0.05, 0) is 18.1 Å². The first-order valence-corrected chi connectivity index (χ1v) is 5.38. The van der Waals surface area contributed by atoms with Crippen molar-refractivity contribution >= 4 is 11.8 Å². The quantitative estimate of drug-likeness (QED) is 0.782. The number of hydrogen-bond donors (Lipinski definition) is 1. The number of aromatic nitrogens is 3. The summed E-state index contributed by atoms with van der Waals surface area (Å²) >= 11 is 1.69. The van der Waals surface area contributed by atoms with Gasteiger partial charge in [0.05, 0.1) is 6.20 Å². The molecule has 1 aromatic carbocycles. The molecule has 14 heavy (non-hydrogen) atoms. The minimum atomic E-state index is 0.938. The summed E-state index contributed by atoms with van der Waals surface area (Å²) in [5.41, 5.74) is 2.67. The lowest BCUT2D eigenvalue weighted by molar-refractivity contribution is 0.911. The van der Waals surface area contributed by atoms with E-state index in [0.717, 1.165) is 10.8 Å². The summed E-state index contributed by atoms with van der Waals surface area (Å²) in [5, 5.41) is 11.3. The smallest absolute Gasteiger partial charge is 0.139 e. The van der Waals surface area contributed by atoms with Crippen LogP contribution in [0.1, 0.15) is 11.1 Å². The standard InChI is InChI=1S/C10H11N3S/c1-8-4-2-3-5-9(8)7-14-10-6-11-13-12-10/h2-6H,7H2,1H3,(H,11,12,13). The van der Waals surface area contributed by atoms with Crippen molar-refractivity contribution in [2.24, 2.45) is 0 Å². The highest BCUT2D eigenvalue weighted by atomic mass is 32.2. The van der Waals surface area contributed by atoms with E-state index in [1.807, 2.05) is 0 Å². The molecule has 0 amide bonds. The molecular formula is C10H11N3S. The number of aromatic amines is 1. The second-order valence-corrected chi connectivity index (χ2v) is 4.02. The van der Waals surface area contributed by atoms with Crippen molar-refractivity contribution < 1.29 is 0 Å². The molecule has 1 aromatic heterocycles. The van der Waals surface area contributed by atoms with E-state index in [1.165, 1.54) is 11.1 Å². The van der Waals surface area contributed by atoms with Gasteiger partial charge in [0.25, 0.3) is 0 Å². The number of nitrogens with zero attached hydrogens (tertiary/aromatic N) is 2. The summed E-state index contributed by atoms with van der Waals surface area (Å²) in [6.45, 7) is 2.12. The van der Waals surface area contributed by atoms with E-state index < -0.39 is 0 Å². The molecule has 0 spiro atoms. The Labute approximate surface area is 86.9 Å². The molecule has 0 unspecified atom stereocenters. The lowest BCUT2D eigenvalue weighted by Gasteiger charge is -2.02. The van der Waals surface area contributed by atoms with Crippen molar-refractivity contribution in [3.05, 3.63) is 41.6 Å². The monoisotopic (exact) mass is 205 g/mol. The van der Waals surface area contributed by atoms with Crippen molar-refractivity contribution in [1.29, 1.82) is 0 Å². The first kappa shape index (κ1) is 9.27. The summed E-state index contributed by atoms with van der Waals surface area (Å²) < 4.78 is 0. The molecule has 0 saturated heterocycles. The Kier molecular flexibility index (Phi) is 2.84. The number of benzene rings is 1. The number of nitrogens with one attached hydrogen (secondary N) is 1. The third-order valence-electron chi connectivity index (χ3n) is 2.03. The highest BCUT2D eigenvalue weighted by Gasteiger charge is 2.00. The molecule has 0 bridgehead atoms. The lowest BCUT2D eigenvalue weighted by atomic mass is 10.1. The van der Waals surface area contributed by atoms with Crippen LogP contribution in [-0.4, -0.2) is 15.4 Å². The first-order chi connectivity index (χ1) is 6.86. The van der Waals surface area contributed by atoms with E-state index in [1.54, 1.807) is 18.0 Å². The molecule has 0 aliphatic carbocycles. The van der Waals surface area contributed by atoms with Gasteiger partial charge in [0.1, 0.15) is 5.03 Å². The number of rotatable bonds is 3. The van der Waals surface area contributed by atoms with Crippen LogP contribution in [0, 0.1) is 6.92 Å². The summed E-state index contributed by atoms with van der Waals surface area (Å²) in [6, 6.07) is 8.38. The second-order valence-electron chi connectivity index (χ2n) is 3.02. The first-order valence-electron chi connectivity index (χ1n) is 4.39. The zero-order valence-corrected chi connectivity index (χ0v) is 8.71. The molecule has 2 aromatic rings. The highest BCUT2D eigenvalue weighted by Crippen LogP contribution is 2.21. The van der Waals surface area contributed by atoms with E-state index in [9.17, 15) is 0 Å². The van der Waals surface area contributed by atoms with Crippen LogP contribution in [-0.2, 0) is 5.75 Å². The highest BCUT2D eigenvalue weighted by molar-refractivity contribution is 7.98. The third kappa shape index (κ3) is 2.14. The SMILES string of the molecule is Cc1ccccc1CSc1cn[nH]n1. The molecule has 0 aliphatic rings. The minimum Gasteiger partial charge on any atom is -0.197 e. The maximum absolute atomic E-state index is 3.99. The maximum Gasteiger partial charge on any atom is 0.139 e. The Bertz CT molecular complexity index is 398. The van der Waals surface area contributed by atoms with Crippen LogP contribution in [0.25, 0.3) is 0 Å². The largest absolute Gasteiger partial charge is 0.197 e. The lowest BCUT2D eigenvalue weighted by Crippen LogP contribution is -1.85. The van der Waals surface area contributed by atoms with Gasteiger partial charge in [0.15, 0.2) is 0 Å². The molecular weight excluding hydrogens is 194 g/mol. The zero-order valence-electron chi connectivity index (χ0n) is 7.90. The van der Waals surface area contributed by atoms with Crippen LogP contribution in [0.3, 0.4) is 0 Å². The van der Waals surface area contributed by atoms with E-state index in [-0.39, 0.29) is 0 Å². The molecule has 0 radical (unpaired) electrons. The Balaban J connectivity index is 2.02. The van der Waals surface area contributed by atoms with E-state index in [2.05, 4.69) is 46.6 Å². The molecule has 1 N–H and O–H groups in total. The Hall–Kier alpha value is -1.29. The fourth-order valence-electron chi connectivity index (χ4n) is 1.18. The molecule has 0 fully saturated rings. The van der Waals surface area contributed by atoms with Crippen LogP contribution in [0.4, 0.5) is 0 Å². The average Bonchev–Trinajstić information content (AvgIpc) is 2.69. The molecule has 1 heterocycles. The molecule has 72 valence electrons. The molecule has 3 nitrogen and oxygen atoms in total. The van der Waals surface area contributed by atoms with Gasteiger partial charge in [-0.15, -0.1) is 5.10 Å². The molecule has 0 atom stereocenters. The van der Waals surface area contributed by atoms with Crippen molar-refractivity contribution in [3.63, 3.8) is 0 Å². The Morgan fingerprint density at radius 1 is 1.36 bits per heavy atom. The predicted molar refractivity (Wildman–Crippen MR) is 57.1 cm³/mol. The van der Waals surface area contributed by atoms with Crippen molar-refractivity contribution in [2.75, 3.05) is 0 Å². The van der Waals surface area contributed by atoms with Crippen LogP contribution < -0.4 is 0 Å². The van der Waals surface area contributed by atoms with Crippen LogP contribution in [0.15, 0.2) is 35.5 Å². The zero-order chi connectivity index (χ0) is 9.80. The summed E-state index contributed by atoms with van der Waals surface area (Å²) in [6.07, 6.45) is 1.74. The van der Waals surface area contributed by atoms with Gasteiger partial charge in [0, 0.05) is 5.75 Å². The molecule has 2 rings (SSSR count). The molecule has 0 aliphatic heterocycles. The van der Waals surface area contributed by atoms with Crippen molar-refractivity contribution in [3.8, 4) is 0 Å². The Morgan fingerprint density at radius 3 is 2.93 bits per heavy atom. The van der Waals surface area contributed by atoms with E-state index in [0.29, 0.717) is 0 Å². The van der Waals surface area contributed by atoms with Gasteiger partial charge in [0.2, 0.25) is 0 Å². The van der Waals surface area contributed by atoms with Gasteiger partial charge in [-0.3, -0.25) is 0 Å². The summed E-state index contributed by atoms with van der Waals surface area (Å²) in [7, 11) is 0. The maximum atomic E-state index is 3.99. The topological polar surface area (TPSA) is 41.6 Å². The second kappa shape index (κ2) is 4.28. The fourth-order valence-corrected chi connectivity index (χ4v) is 2.04. The predicted octanol–water partition coefficient (Wildman–Crippen LogP) is 2.41. The number of aryl methyl sites for hydroxylation is 1. The van der Waals surface area contributed by atoms with Gasteiger partial charge in [-0.2, -0.15) is 10.3 Å².